The highest BCUT2D eigenvalue weighted by molar-refractivity contribution is 5.69. The van der Waals surface area contributed by atoms with Crippen LogP contribution in [0.25, 0.3) is 0 Å². The maximum atomic E-state index is 10.9. The maximum Gasteiger partial charge on any atom is 0.308 e. The van der Waals surface area contributed by atoms with E-state index in [-0.39, 0.29) is 19.0 Å². The number of methoxy groups -OCH3 is 2. The number of carbonyl (C=O) groups is 1. The molecule has 0 atom stereocenters. The van der Waals surface area contributed by atoms with Gasteiger partial charge < -0.3 is 19.9 Å². The summed E-state index contributed by atoms with van der Waals surface area (Å²) in [5, 5.41) is 0. The smallest absolute Gasteiger partial charge is 0.308 e. The highest BCUT2D eigenvalue weighted by Gasteiger charge is 2.06. The van der Waals surface area contributed by atoms with Crippen LogP contribution in [0, 0.1) is 0 Å². The minimum absolute atomic E-state index is 0.207. The third kappa shape index (κ3) is 3.96. The van der Waals surface area contributed by atoms with Gasteiger partial charge in [-0.1, -0.05) is 6.07 Å². The summed E-state index contributed by atoms with van der Waals surface area (Å²) in [7, 11) is 2.90. The van der Waals surface area contributed by atoms with Crippen molar-refractivity contribution in [3.05, 3.63) is 23.8 Å². The molecule has 5 nitrogen and oxygen atoms in total. The standard InChI is InChI=1S/C12H17NO4/c1-15-11-7-9(8-13)3-4-10(11)17-6-5-12(14)16-2/h3-4,7H,5-6,8,13H2,1-2H3. The van der Waals surface area contributed by atoms with Gasteiger partial charge in [0, 0.05) is 6.54 Å². The van der Waals surface area contributed by atoms with Crippen molar-refractivity contribution in [3.8, 4) is 11.5 Å². The molecule has 0 heterocycles. The number of benzene rings is 1. The number of esters is 1. The summed E-state index contributed by atoms with van der Waals surface area (Å²) in [6.07, 6.45) is 0.207. The predicted molar refractivity (Wildman–Crippen MR) is 63.0 cm³/mol. The normalized spacial score (nSPS) is 9.82. The van der Waals surface area contributed by atoms with Gasteiger partial charge in [-0.15, -0.1) is 0 Å². The Kier molecular flexibility index (Phi) is 5.29. The van der Waals surface area contributed by atoms with Crippen molar-refractivity contribution in [2.45, 2.75) is 13.0 Å². The summed E-state index contributed by atoms with van der Waals surface area (Å²) in [6.45, 7) is 0.698. The summed E-state index contributed by atoms with van der Waals surface area (Å²) in [5.41, 5.74) is 6.48. The van der Waals surface area contributed by atoms with E-state index in [4.69, 9.17) is 15.2 Å². The first kappa shape index (κ1) is 13.3. The Morgan fingerprint density at radius 2 is 2.06 bits per heavy atom. The third-order valence-electron chi connectivity index (χ3n) is 2.26. The van der Waals surface area contributed by atoms with Crippen LogP contribution in [0.15, 0.2) is 18.2 Å². The van der Waals surface area contributed by atoms with Gasteiger partial charge in [0.15, 0.2) is 11.5 Å². The molecule has 1 rings (SSSR count). The van der Waals surface area contributed by atoms with Crippen molar-refractivity contribution in [2.24, 2.45) is 5.73 Å². The second-order valence-electron chi connectivity index (χ2n) is 3.36. The lowest BCUT2D eigenvalue weighted by Crippen LogP contribution is -2.08. The van der Waals surface area contributed by atoms with Gasteiger partial charge in [0.2, 0.25) is 0 Å². The van der Waals surface area contributed by atoms with Crippen molar-refractivity contribution in [3.63, 3.8) is 0 Å². The number of rotatable bonds is 6. The molecule has 0 saturated carbocycles. The molecular formula is C12H17NO4. The Morgan fingerprint density at radius 1 is 1.29 bits per heavy atom. The molecule has 0 aliphatic rings. The Hall–Kier alpha value is -1.75. The minimum atomic E-state index is -0.303. The van der Waals surface area contributed by atoms with Crippen LogP contribution in [0.1, 0.15) is 12.0 Å². The highest BCUT2D eigenvalue weighted by Crippen LogP contribution is 2.27. The van der Waals surface area contributed by atoms with Gasteiger partial charge in [-0.25, -0.2) is 0 Å². The van der Waals surface area contributed by atoms with Crippen LogP contribution in [0.4, 0.5) is 0 Å². The summed E-state index contributed by atoms with van der Waals surface area (Å²) in [6, 6.07) is 5.45. The molecule has 0 bridgehead atoms. The summed E-state index contributed by atoms with van der Waals surface area (Å²) in [5.74, 6) is 0.897. The van der Waals surface area contributed by atoms with Crippen LogP contribution in [-0.2, 0) is 16.1 Å². The van der Waals surface area contributed by atoms with Gasteiger partial charge in [-0.3, -0.25) is 4.79 Å². The zero-order chi connectivity index (χ0) is 12.7. The van der Waals surface area contributed by atoms with Crippen LogP contribution in [0.2, 0.25) is 0 Å². The van der Waals surface area contributed by atoms with Crippen LogP contribution in [-0.4, -0.2) is 26.8 Å². The molecule has 1 aromatic carbocycles. The van der Waals surface area contributed by atoms with Crippen molar-refractivity contribution >= 4 is 5.97 Å². The summed E-state index contributed by atoms with van der Waals surface area (Å²) >= 11 is 0. The lowest BCUT2D eigenvalue weighted by Gasteiger charge is -2.11. The average Bonchev–Trinajstić information content (AvgIpc) is 2.38. The lowest BCUT2D eigenvalue weighted by atomic mass is 10.2. The summed E-state index contributed by atoms with van der Waals surface area (Å²) in [4.78, 5) is 10.9. The fraction of sp³-hybridized carbons (Fsp3) is 0.417. The van der Waals surface area contributed by atoms with Crippen molar-refractivity contribution in [1.29, 1.82) is 0 Å². The molecule has 2 N–H and O–H groups in total. The van der Waals surface area contributed by atoms with Crippen LogP contribution < -0.4 is 15.2 Å². The molecule has 0 spiro atoms. The van der Waals surface area contributed by atoms with E-state index >= 15 is 0 Å². The van der Waals surface area contributed by atoms with Gasteiger partial charge in [0.25, 0.3) is 0 Å². The van der Waals surface area contributed by atoms with E-state index in [1.807, 2.05) is 12.1 Å². The molecule has 0 unspecified atom stereocenters. The lowest BCUT2D eigenvalue weighted by molar-refractivity contribution is -0.141. The molecular weight excluding hydrogens is 222 g/mol. The van der Waals surface area contributed by atoms with Gasteiger partial charge in [0.05, 0.1) is 27.2 Å². The first-order valence-corrected chi connectivity index (χ1v) is 5.28. The van der Waals surface area contributed by atoms with E-state index in [0.29, 0.717) is 18.0 Å². The number of hydrogen-bond donors (Lipinski definition) is 1. The van der Waals surface area contributed by atoms with E-state index < -0.39 is 0 Å². The Bertz CT molecular complexity index is 379. The second-order valence-corrected chi connectivity index (χ2v) is 3.36. The molecule has 0 aromatic heterocycles. The average molecular weight is 239 g/mol. The topological polar surface area (TPSA) is 70.8 Å². The molecule has 0 aliphatic heterocycles. The fourth-order valence-corrected chi connectivity index (χ4v) is 1.30. The zero-order valence-corrected chi connectivity index (χ0v) is 10.1. The van der Waals surface area contributed by atoms with E-state index in [1.54, 1.807) is 13.2 Å². The fourth-order valence-electron chi connectivity index (χ4n) is 1.30. The number of carbonyl (C=O) groups excluding carboxylic acids is 1. The van der Waals surface area contributed by atoms with Crippen LogP contribution in [0.3, 0.4) is 0 Å². The Balaban J connectivity index is 2.61. The van der Waals surface area contributed by atoms with Crippen molar-refractivity contribution < 1.29 is 19.0 Å². The quantitative estimate of drug-likeness (QED) is 0.752. The first-order valence-electron chi connectivity index (χ1n) is 5.28. The third-order valence-corrected chi connectivity index (χ3v) is 2.26. The Morgan fingerprint density at radius 3 is 2.65 bits per heavy atom. The van der Waals surface area contributed by atoms with Gasteiger partial charge >= 0.3 is 5.97 Å². The molecule has 0 amide bonds. The molecule has 1 aromatic rings. The molecule has 5 heteroatoms. The van der Waals surface area contributed by atoms with E-state index in [2.05, 4.69) is 4.74 Å². The molecule has 17 heavy (non-hydrogen) atoms. The SMILES string of the molecule is COC(=O)CCOc1ccc(CN)cc1OC. The predicted octanol–water partition coefficient (Wildman–Crippen LogP) is 1.10. The number of hydrogen-bond acceptors (Lipinski definition) is 5. The maximum absolute atomic E-state index is 10.9. The molecule has 0 saturated heterocycles. The number of ether oxygens (including phenoxy) is 3. The molecule has 94 valence electrons. The van der Waals surface area contributed by atoms with E-state index in [9.17, 15) is 4.79 Å². The van der Waals surface area contributed by atoms with Crippen LogP contribution >= 0.6 is 0 Å². The van der Waals surface area contributed by atoms with Gasteiger partial charge in [-0.2, -0.15) is 0 Å². The van der Waals surface area contributed by atoms with Crippen molar-refractivity contribution in [1.82, 2.24) is 0 Å². The largest absolute Gasteiger partial charge is 0.493 e. The van der Waals surface area contributed by atoms with E-state index in [0.717, 1.165) is 5.56 Å². The molecule has 0 aliphatic carbocycles. The van der Waals surface area contributed by atoms with Crippen LogP contribution in [0.5, 0.6) is 11.5 Å². The second kappa shape index (κ2) is 6.75. The molecule has 0 radical (unpaired) electrons. The number of nitrogens with two attached hydrogens (primary N) is 1. The van der Waals surface area contributed by atoms with Gasteiger partial charge in [-0.05, 0) is 17.7 Å². The monoisotopic (exact) mass is 239 g/mol. The highest BCUT2D eigenvalue weighted by atomic mass is 16.5. The van der Waals surface area contributed by atoms with E-state index in [1.165, 1.54) is 7.11 Å². The Labute approximate surface area is 100 Å². The van der Waals surface area contributed by atoms with Crippen molar-refractivity contribution in [2.75, 3.05) is 20.8 Å². The molecule has 0 fully saturated rings. The first-order chi connectivity index (χ1) is 8.21. The zero-order valence-electron chi connectivity index (χ0n) is 10.1. The summed E-state index contributed by atoms with van der Waals surface area (Å²) < 4.78 is 15.1. The van der Waals surface area contributed by atoms with Gasteiger partial charge in [0.1, 0.15) is 0 Å². The minimum Gasteiger partial charge on any atom is -0.493 e.